The zero-order chi connectivity index (χ0) is 21.2. The van der Waals surface area contributed by atoms with Crippen molar-refractivity contribution in [2.24, 2.45) is 5.10 Å². The number of hydrazone groups is 1. The van der Waals surface area contributed by atoms with Crippen molar-refractivity contribution in [3.8, 4) is 5.75 Å². The molecule has 0 saturated carbocycles. The molecule has 152 valence electrons. The molecule has 0 aliphatic carbocycles. The van der Waals surface area contributed by atoms with Gasteiger partial charge in [0.05, 0.1) is 16.8 Å². The van der Waals surface area contributed by atoms with E-state index in [1.54, 1.807) is 18.3 Å². The first-order chi connectivity index (χ1) is 13.7. The monoisotopic (exact) mass is 475 g/mol. The van der Waals surface area contributed by atoms with E-state index in [4.69, 9.17) is 16.3 Å². The van der Waals surface area contributed by atoms with Crippen LogP contribution in [0.25, 0.3) is 5.57 Å². The Morgan fingerprint density at radius 2 is 2.10 bits per heavy atom. The molecule has 1 aliphatic heterocycles. The fourth-order valence-electron chi connectivity index (χ4n) is 3.20. The molecule has 0 aromatic heterocycles. The van der Waals surface area contributed by atoms with Crippen LogP contribution in [0.3, 0.4) is 0 Å². The second kappa shape index (κ2) is 8.59. The van der Waals surface area contributed by atoms with Crippen LogP contribution in [0, 0.1) is 0 Å². The lowest BCUT2D eigenvalue weighted by atomic mass is 9.88. The third kappa shape index (κ3) is 5.00. The highest BCUT2D eigenvalue weighted by Gasteiger charge is 2.29. The summed E-state index contributed by atoms with van der Waals surface area (Å²) in [5.41, 5.74) is 6.47. The smallest absolute Gasteiger partial charge is 0.277 e. The Labute approximate surface area is 184 Å². The van der Waals surface area contributed by atoms with Crippen LogP contribution in [0.2, 0.25) is 5.02 Å². The maximum atomic E-state index is 12.0. The first-order valence-electron chi connectivity index (χ1n) is 9.15. The molecular weight excluding hydrogens is 454 g/mol. The molecule has 0 bridgehead atoms. The number of nitrogens with one attached hydrogen (secondary N) is 1. The first-order valence-corrected chi connectivity index (χ1v) is 10.3. The molecule has 0 spiro atoms. The molecule has 0 radical (unpaired) electrons. The van der Waals surface area contributed by atoms with Crippen molar-refractivity contribution in [1.29, 1.82) is 0 Å². The number of rotatable bonds is 5. The van der Waals surface area contributed by atoms with Crippen molar-refractivity contribution in [1.82, 2.24) is 5.43 Å². The fourth-order valence-corrected chi connectivity index (χ4v) is 3.78. The number of likely N-dealkylation sites (N-methyl/N-ethyl adjacent to an activating group) is 1. The van der Waals surface area contributed by atoms with Crippen LogP contribution in [0.1, 0.15) is 31.9 Å². The highest BCUT2D eigenvalue weighted by Crippen LogP contribution is 2.40. The van der Waals surface area contributed by atoms with Gasteiger partial charge in [-0.1, -0.05) is 39.7 Å². The third-order valence-electron chi connectivity index (χ3n) is 4.89. The molecular formula is C22H23BrClN3O2. The van der Waals surface area contributed by atoms with Gasteiger partial charge in [0.25, 0.3) is 5.91 Å². The maximum Gasteiger partial charge on any atom is 0.277 e. The van der Waals surface area contributed by atoms with E-state index >= 15 is 0 Å². The molecule has 29 heavy (non-hydrogen) atoms. The van der Waals surface area contributed by atoms with Crippen LogP contribution in [0.15, 0.2) is 52.0 Å². The summed E-state index contributed by atoms with van der Waals surface area (Å²) < 4.78 is 6.32. The van der Waals surface area contributed by atoms with Gasteiger partial charge in [-0.05, 0) is 56.7 Å². The number of carbonyl (C=O) groups excluding carboxylic acids is 1. The summed E-state index contributed by atoms with van der Waals surface area (Å²) in [6.45, 7) is 6.28. The Kier molecular flexibility index (Phi) is 6.34. The van der Waals surface area contributed by atoms with Crippen LogP contribution in [-0.2, 0) is 4.79 Å². The second-order valence-corrected chi connectivity index (χ2v) is 8.79. The molecule has 0 fully saturated rings. The van der Waals surface area contributed by atoms with E-state index in [1.807, 2.05) is 24.3 Å². The van der Waals surface area contributed by atoms with Crippen LogP contribution < -0.4 is 15.1 Å². The fraction of sp³-hybridized carbons (Fsp3) is 0.273. The standard InChI is InChI=1S/C22H23BrClN3O2/c1-14-11-22(2,3)27(4)20-10-19(24)15(8-18(14)20)12-25-26-21(28)13-29-17-7-5-6-16(23)9-17/h5-12H,13H2,1-4H3,(H,26,28)/b25-12+. The third-order valence-corrected chi connectivity index (χ3v) is 5.71. The molecule has 1 amide bonds. The normalized spacial score (nSPS) is 15.1. The van der Waals surface area contributed by atoms with Crippen molar-refractivity contribution >= 4 is 50.9 Å². The van der Waals surface area contributed by atoms with Crippen molar-refractivity contribution in [2.75, 3.05) is 18.6 Å². The number of nitrogens with zero attached hydrogens (tertiary/aromatic N) is 2. The summed E-state index contributed by atoms with van der Waals surface area (Å²) in [6, 6.07) is 11.2. The van der Waals surface area contributed by atoms with Gasteiger partial charge >= 0.3 is 0 Å². The minimum absolute atomic E-state index is 0.0850. The number of fused-ring (bicyclic) bond motifs is 1. The van der Waals surface area contributed by atoms with Gasteiger partial charge < -0.3 is 9.64 Å². The number of benzene rings is 2. The molecule has 1 heterocycles. The predicted octanol–water partition coefficient (Wildman–Crippen LogP) is 5.26. The van der Waals surface area contributed by atoms with Crippen LogP contribution in [-0.4, -0.2) is 31.3 Å². The Hall–Kier alpha value is -2.31. The molecule has 0 atom stereocenters. The summed E-state index contributed by atoms with van der Waals surface area (Å²) in [5, 5.41) is 4.60. The van der Waals surface area contributed by atoms with Crippen LogP contribution in [0.4, 0.5) is 5.69 Å². The van der Waals surface area contributed by atoms with E-state index in [0.717, 1.165) is 21.3 Å². The minimum atomic E-state index is -0.354. The molecule has 1 N–H and O–H groups in total. The molecule has 0 saturated heterocycles. The number of hydrogen-bond donors (Lipinski definition) is 1. The zero-order valence-electron chi connectivity index (χ0n) is 16.8. The molecule has 2 aromatic carbocycles. The lowest BCUT2D eigenvalue weighted by molar-refractivity contribution is -0.123. The highest BCUT2D eigenvalue weighted by atomic mass is 79.9. The molecule has 2 aromatic rings. The van der Waals surface area contributed by atoms with E-state index < -0.39 is 0 Å². The number of ether oxygens (including phenoxy) is 1. The number of anilines is 1. The van der Waals surface area contributed by atoms with E-state index in [0.29, 0.717) is 10.8 Å². The number of halogens is 2. The zero-order valence-corrected chi connectivity index (χ0v) is 19.1. The molecule has 7 heteroatoms. The molecule has 0 unspecified atom stereocenters. The first kappa shape index (κ1) is 21.4. The lowest BCUT2D eigenvalue weighted by Crippen LogP contribution is -2.42. The Morgan fingerprint density at radius 1 is 1.34 bits per heavy atom. The van der Waals surface area contributed by atoms with Gasteiger partial charge in [-0.25, -0.2) is 5.43 Å². The van der Waals surface area contributed by atoms with E-state index in [2.05, 4.69) is 65.3 Å². The Bertz CT molecular complexity index is 1000. The van der Waals surface area contributed by atoms with Crippen molar-refractivity contribution in [3.05, 3.63) is 63.1 Å². The van der Waals surface area contributed by atoms with E-state index in [9.17, 15) is 4.79 Å². The highest BCUT2D eigenvalue weighted by molar-refractivity contribution is 9.10. The van der Waals surface area contributed by atoms with Gasteiger partial charge in [0.2, 0.25) is 0 Å². The van der Waals surface area contributed by atoms with Gasteiger partial charge in [0, 0.05) is 28.3 Å². The lowest BCUT2D eigenvalue weighted by Gasteiger charge is -2.40. The summed E-state index contributed by atoms with van der Waals surface area (Å²) >= 11 is 9.82. The Morgan fingerprint density at radius 3 is 2.83 bits per heavy atom. The van der Waals surface area contributed by atoms with Crippen LogP contribution in [0.5, 0.6) is 5.75 Å². The summed E-state index contributed by atoms with van der Waals surface area (Å²) in [5.74, 6) is 0.249. The average Bonchev–Trinajstić information content (AvgIpc) is 2.65. The SMILES string of the molecule is CC1=CC(C)(C)N(C)c2cc(Cl)c(/C=N/NC(=O)COc3cccc(Br)c3)cc21. The number of hydrogen-bond acceptors (Lipinski definition) is 4. The average molecular weight is 477 g/mol. The molecule has 1 aliphatic rings. The van der Waals surface area contributed by atoms with Gasteiger partial charge in [-0.3, -0.25) is 4.79 Å². The maximum absolute atomic E-state index is 12.0. The van der Waals surface area contributed by atoms with Gasteiger partial charge in [-0.2, -0.15) is 5.10 Å². The van der Waals surface area contributed by atoms with Gasteiger partial charge in [0.1, 0.15) is 5.75 Å². The second-order valence-electron chi connectivity index (χ2n) is 7.47. The number of amides is 1. The summed E-state index contributed by atoms with van der Waals surface area (Å²) in [4.78, 5) is 14.2. The summed E-state index contributed by atoms with van der Waals surface area (Å²) in [6.07, 6.45) is 3.78. The largest absolute Gasteiger partial charge is 0.484 e. The number of carbonyl (C=O) groups is 1. The van der Waals surface area contributed by atoms with E-state index in [1.165, 1.54) is 5.57 Å². The minimum Gasteiger partial charge on any atom is -0.484 e. The van der Waals surface area contributed by atoms with Crippen LogP contribution >= 0.6 is 27.5 Å². The summed E-state index contributed by atoms with van der Waals surface area (Å²) in [7, 11) is 2.05. The van der Waals surface area contributed by atoms with Gasteiger partial charge in [0.15, 0.2) is 6.61 Å². The van der Waals surface area contributed by atoms with Gasteiger partial charge in [-0.15, -0.1) is 0 Å². The number of allylic oxidation sites excluding steroid dienone is 1. The molecule has 5 nitrogen and oxygen atoms in total. The van der Waals surface area contributed by atoms with Crippen molar-refractivity contribution in [3.63, 3.8) is 0 Å². The predicted molar refractivity (Wildman–Crippen MR) is 123 cm³/mol. The topological polar surface area (TPSA) is 53.9 Å². The quantitative estimate of drug-likeness (QED) is 0.473. The van der Waals surface area contributed by atoms with E-state index in [-0.39, 0.29) is 18.1 Å². The van der Waals surface area contributed by atoms with Crippen molar-refractivity contribution in [2.45, 2.75) is 26.3 Å². The van der Waals surface area contributed by atoms with Crippen molar-refractivity contribution < 1.29 is 9.53 Å². The Balaban J connectivity index is 1.67. The molecule has 3 rings (SSSR count).